The Labute approximate surface area is 692 Å². The molecule has 0 radical (unpaired) electrons. The zero-order valence-electron chi connectivity index (χ0n) is 68.7. The molecule has 7 heterocycles. The van der Waals surface area contributed by atoms with Crippen LogP contribution >= 0.6 is 11.3 Å². The predicted octanol–water partition coefficient (Wildman–Crippen LogP) is 31.5. The average Bonchev–Trinajstić information content (AvgIpc) is 1.56. The van der Waals surface area contributed by atoms with E-state index in [1.165, 1.54) is 225 Å². The molecule has 13 aromatic rings. The highest BCUT2D eigenvalue weighted by molar-refractivity contribution is 7.18. The Kier molecular flexibility index (Phi) is 24.0. The summed E-state index contributed by atoms with van der Waals surface area (Å²) < 4.78 is 0. The van der Waals surface area contributed by atoms with Crippen LogP contribution in [-0.4, -0.2) is 24.9 Å². The molecule has 116 heavy (non-hydrogen) atoms. The minimum atomic E-state index is -0.227. The van der Waals surface area contributed by atoms with Crippen LogP contribution in [0.2, 0.25) is 0 Å². The van der Waals surface area contributed by atoms with Crippen LogP contribution in [0.1, 0.15) is 253 Å². The number of rotatable bonds is 35. The van der Waals surface area contributed by atoms with Crippen LogP contribution in [0.25, 0.3) is 156 Å². The maximum atomic E-state index is 13.3. The topological polar surface area (TPSA) is 93.3 Å². The van der Waals surface area contributed by atoms with Crippen molar-refractivity contribution in [1.82, 2.24) is 24.9 Å². The van der Waals surface area contributed by atoms with E-state index >= 15 is 0 Å². The van der Waals surface area contributed by atoms with Crippen LogP contribution in [-0.2, 0) is 10.8 Å². The lowest BCUT2D eigenvalue weighted by Gasteiger charge is -2.33. The third kappa shape index (κ3) is 15.7. The number of aromatic nitrogens is 5. The van der Waals surface area contributed by atoms with Gasteiger partial charge in [-0.2, -0.15) is 0 Å². The van der Waals surface area contributed by atoms with E-state index in [4.69, 9.17) is 9.97 Å². The van der Waals surface area contributed by atoms with E-state index in [1.807, 2.05) is 23.5 Å². The Bertz CT molecular complexity index is 5820. The molecule has 7 heteroatoms. The SMILES string of the molecule is CCCCCCCCC1(CCCCCCCC)c2cc(-c3ccc(-c4ccc5c(c4)C(CCCCCCCC)(CCCCCCCC)c4cc(-c6ccc([O-])c7ncccc67)ccc4-5)s3)ccc2-c2ccc(-c3c4nc(c(-c5ccccc5)c5ccc([nH]5)c(-c5ccccc5)c5nc(c(-c6ccccc6)c6ccc3[nH]6)C=C5)C=C4)cc21. The second-order valence-corrected chi connectivity index (χ2v) is 34.6. The number of hydrogen-bond donors (Lipinski definition) is 2. The number of nitrogens with zero attached hydrogens (tertiary/aromatic N) is 3. The van der Waals surface area contributed by atoms with Gasteiger partial charge in [-0.3, -0.25) is 4.98 Å². The molecule has 4 aliphatic rings. The molecule has 6 nitrogen and oxygen atoms in total. The first-order valence-electron chi connectivity index (χ1n) is 44.3. The van der Waals surface area contributed by atoms with Gasteiger partial charge >= 0.3 is 0 Å². The molecule has 0 atom stereocenters. The average molecular weight is 1540 g/mol. The lowest BCUT2D eigenvalue weighted by Crippen LogP contribution is -2.25. The predicted molar refractivity (Wildman–Crippen MR) is 494 cm³/mol. The summed E-state index contributed by atoms with van der Waals surface area (Å²) in [4.78, 5) is 26.8. The van der Waals surface area contributed by atoms with Crippen molar-refractivity contribution < 1.29 is 5.11 Å². The van der Waals surface area contributed by atoms with Gasteiger partial charge in [0.25, 0.3) is 0 Å². The van der Waals surface area contributed by atoms with E-state index in [9.17, 15) is 5.11 Å². The lowest BCUT2D eigenvalue weighted by molar-refractivity contribution is -0.266. The maximum Gasteiger partial charge on any atom is 0.0737 e. The molecule has 0 fully saturated rings. The van der Waals surface area contributed by atoms with Crippen molar-refractivity contribution in [3.05, 3.63) is 276 Å². The number of pyridine rings is 1. The Balaban J connectivity index is 0.805. The van der Waals surface area contributed by atoms with E-state index in [-0.39, 0.29) is 16.6 Å². The highest BCUT2D eigenvalue weighted by Crippen LogP contribution is 2.59. The van der Waals surface area contributed by atoms with Crippen molar-refractivity contribution in [2.75, 3.05) is 0 Å². The zero-order chi connectivity index (χ0) is 78.8. The van der Waals surface area contributed by atoms with E-state index in [1.54, 1.807) is 12.3 Å². The molecule has 0 amide bonds. The number of benzene rings is 8. The van der Waals surface area contributed by atoms with Crippen LogP contribution in [0, 0.1) is 0 Å². The quantitative estimate of drug-likeness (QED) is 0.0387. The number of fused-ring (bicyclic) bond motifs is 15. The highest BCUT2D eigenvalue weighted by Gasteiger charge is 2.45. The Hall–Kier alpha value is -10.7. The normalized spacial score (nSPS) is 13.4. The summed E-state index contributed by atoms with van der Waals surface area (Å²) in [5.41, 5.74) is 32.8. The molecule has 17 rings (SSSR count). The number of unbranched alkanes of at least 4 members (excludes halogenated alkanes) is 20. The van der Waals surface area contributed by atoms with Crippen molar-refractivity contribution in [3.63, 3.8) is 0 Å². The van der Waals surface area contributed by atoms with Crippen molar-refractivity contribution in [2.24, 2.45) is 0 Å². The molecule has 2 aliphatic heterocycles. The molecule has 0 unspecified atom stereocenters. The van der Waals surface area contributed by atoms with Crippen molar-refractivity contribution >= 4 is 68.6 Å². The van der Waals surface area contributed by atoms with E-state index in [0.717, 1.165) is 126 Å². The fourth-order valence-electron chi connectivity index (χ4n) is 20.1. The highest BCUT2D eigenvalue weighted by atomic mass is 32.1. The lowest BCUT2D eigenvalue weighted by atomic mass is 9.70. The standard InChI is InChI=1S/C109H113N5OS/c1-5-9-13-17-21-34-66-108(67-35-22-18-14-10-6-2)88-71-78(82-54-63-100(115)107-87(82)45-38-70-110-107)46-50-83(88)84-51-47-79(72-89(84)108)101-64-65-102(116-101)80-48-52-85-86-53-49-81(74-91(86)109(90(85)73-80,68-36-23-19-15-11-7-3)69-37-24-20-16-12-8-4)106-98-61-59-96(113-98)104(76-41-30-26-31-42-76)94-57-55-92(111-94)103(75-39-28-25-29-40-75)93-56-58-95(112-93)105(77-43-32-27-33-44-77)97-60-62-99(106)114-97/h25-33,38-65,70-74,111,114-115H,5-24,34-37,66-69H2,1-4H3/p-1. The summed E-state index contributed by atoms with van der Waals surface area (Å²) >= 11 is 1.97. The monoisotopic (exact) mass is 1540 g/mol. The molecule has 0 spiro atoms. The Morgan fingerprint density at radius 2 is 0.612 bits per heavy atom. The molecule has 2 N–H and O–H groups in total. The fourth-order valence-corrected chi connectivity index (χ4v) is 21.1. The Morgan fingerprint density at radius 1 is 0.293 bits per heavy atom. The number of nitrogens with one attached hydrogen (secondary N) is 2. The van der Waals surface area contributed by atoms with Gasteiger partial charge in [0, 0.05) is 76.5 Å². The zero-order valence-corrected chi connectivity index (χ0v) is 69.5. The van der Waals surface area contributed by atoms with Crippen LogP contribution in [0.5, 0.6) is 5.75 Å². The van der Waals surface area contributed by atoms with Crippen molar-refractivity contribution in [3.8, 4) is 105 Å². The maximum absolute atomic E-state index is 13.3. The van der Waals surface area contributed by atoms with Crippen molar-refractivity contribution in [1.29, 1.82) is 0 Å². The van der Waals surface area contributed by atoms with Gasteiger partial charge in [0.05, 0.1) is 28.3 Å². The van der Waals surface area contributed by atoms with Gasteiger partial charge in [-0.25, -0.2) is 9.97 Å². The third-order valence-electron chi connectivity index (χ3n) is 26.0. The van der Waals surface area contributed by atoms with Crippen LogP contribution < -0.4 is 5.11 Å². The second kappa shape index (κ2) is 35.8. The van der Waals surface area contributed by atoms with Gasteiger partial charge < -0.3 is 15.1 Å². The smallest absolute Gasteiger partial charge is 0.0737 e. The summed E-state index contributed by atoms with van der Waals surface area (Å²) in [6, 6.07) is 84.0. The van der Waals surface area contributed by atoms with Gasteiger partial charge in [-0.1, -0.05) is 345 Å². The van der Waals surface area contributed by atoms with Crippen LogP contribution in [0.15, 0.2) is 231 Å². The number of hydrogen-bond acceptors (Lipinski definition) is 5. The first kappa shape index (κ1) is 77.8. The summed E-state index contributed by atoms with van der Waals surface area (Å²) in [5, 5.41) is 14.2. The van der Waals surface area contributed by atoms with Gasteiger partial charge in [0.1, 0.15) is 0 Å². The van der Waals surface area contributed by atoms with E-state index < -0.39 is 0 Å². The van der Waals surface area contributed by atoms with Gasteiger partial charge in [0.2, 0.25) is 0 Å². The molecular formula is C109H112N5OS-. The summed E-state index contributed by atoms with van der Waals surface area (Å²) in [7, 11) is 0. The number of H-pyrrole nitrogens is 2. The minimum Gasteiger partial charge on any atom is -0.871 e. The van der Waals surface area contributed by atoms with Gasteiger partial charge in [-0.05, 0) is 206 Å². The molecule has 2 aliphatic carbocycles. The van der Waals surface area contributed by atoms with Gasteiger partial charge in [-0.15, -0.1) is 11.3 Å². The molecule has 0 saturated heterocycles. The van der Waals surface area contributed by atoms with E-state index in [2.05, 4.69) is 273 Å². The summed E-state index contributed by atoms with van der Waals surface area (Å²) in [5.74, 6) is -0.0249. The fraction of sp³-hybridized carbons (Fsp3) is 0.312. The second-order valence-electron chi connectivity index (χ2n) is 33.6. The summed E-state index contributed by atoms with van der Waals surface area (Å²) in [6.07, 6.45) is 45.2. The molecular weight excluding hydrogens is 1430 g/mol. The van der Waals surface area contributed by atoms with Crippen molar-refractivity contribution in [2.45, 2.75) is 218 Å². The third-order valence-corrected chi connectivity index (χ3v) is 27.2. The van der Waals surface area contributed by atoms with Crippen LogP contribution in [0.4, 0.5) is 0 Å². The number of thiophene rings is 1. The summed E-state index contributed by atoms with van der Waals surface area (Å²) in [6.45, 7) is 9.33. The van der Waals surface area contributed by atoms with Gasteiger partial charge in [0.15, 0.2) is 0 Å². The minimum absolute atomic E-state index is 0.0249. The molecule has 8 aromatic carbocycles. The first-order valence-corrected chi connectivity index (χ1v) is 45.2. The molecule has 5 aromatic heterocycles. The molecule has 0 saturated carbocycles. The first-order chi connectivity index (χ1) is 57.3. The molecule has 586 valence electrons. The molecule has 8 bridgehead atoms. The Morgan fingerprint density at radius 3 is 0.991 bits per heavy atom. The number of aromatic amines is 2. The largest absolute Gasteiger partial charge is 0.871 e. The van der Waals surface area contributed by atoms with Crippen LogP contribution in [0.3, 0.4) is 0 Å². The van der Waals surface area contributed by atoms with E-state index in [0.29, 0.717) is 5.52 Å².